The van der Waals surface area contributed by atoms with Crippen molar-refractivity contribution in [1.29, 1.82) is 0 Å². The van der Waals surface area contributed by atoms with Crippen molar-refractivity contribution in [3.05, 3.63) is 47.5 Å². The van der Waals surface area contributed by atoms with E-state index in [2.05, 4.69) is 15.2 Å². The van der Waals surface area contributed by atoms with E-state index in [4.69, 9.17) is 10.9 Å². The predicted octanol–water partition coefficient (Wildman–Crippen LogP) is 4.06. The Kier molecular flexibility index (Phi) is 8.17. The van der Waals surface area contributed by atoms with Gasteiger partial charge in [0.2, 0.25) is 0 Å². The van der Waals surface area contributed by atoms with Gasteiger partial charge in [-0.1, -0.05) is 6.07 Å². The third-order valence-corrected chi connectivity index (χ3v) is 5.99. The van der Waals surface area contributed by atoms with Crippen LogP contribution in [0.25, 0.3) is 0 Å². The van der Waals surface area contributed by atoms with Gasteiger partial charge in [0.25, 0.3) is 5.91 Å². The third-order valence-electron chi connectivity index (χ3n) is 5.46. The van der Waals surface area contributed by atoms with Crippen LogP contribution in [-0.2, 0) is 0 Å². The van der Waals surface area contributed by atoms with Crippen molar-refractivity contribution in [3.63, 3.8) is 0 Å². The Morgan fingerprint density at radius 2 is 2.00 bits per heavy atom. The first-order chi connectivity index (χ1) is 15.3. The number of hydrogen-bond donors (Lipinski definition) is 4. The minimum absolute atomic E-state index is 0.200. The van der Waals surface area contributed by atoms with E-state index in [-0.39, 0.29) is 5.91 Å². The Bertz CT molecular complexity index is 965. The molecular weight excluding hydrogens is 422 g/mol. The maximum Gasteiger partial charge on any atom is 0.255 e. The van der Waals surface area contributed by atoms with Crippen LogP contribution in [-0.4, -0.2) is 42.5 Å². The highest BCUT2D eigenvalue weighted by Gasteiger charge is 2.19. The molecule has 7 nitrogen and oxygen atoms in total. The van der Waals surface area contributed by atoms with Crippen LogP contribution < -0.4 is 21.1 Å². The summed E-state index contributed by atoms with van der Waals surface area (Å²) in [5.74, 6) is -0.200. The maximum absolute atomic E-state index is 13.0. The number of rotatable bonds is 8. The SMILES string of the molecule is CC(C)(O)CCN=Cc1cc(NC(=O)c2cccc(SN)c2)c(N2CCCCC2)cc1N. The van der Waals surface area contributed by atoms with E-state index >= 15 is 0 Å². The molecule has 0 radical (unpaired) electrons. The molecule has 1 saturated heterocycles. The van der Waals surface area contributed by atoms with Crippen LogP contribution >= 0.6 is 11.9 Å². The number of aliphatic hydroxyl groups is 1. The van der Waals surface area contributed by atoms with Crippen molar-refractivity contribution in [2.24, 2.45) is 10.1 Å². The first-order valence-corrected chi connectivity index (χ1v) is 11.8. The van der Waals surface area contributed by atoms with Crippen molar-refractivity contribution in [1.82, 2.24) is 0 Å². The number of hydrogen-bond acceptors (Lipinski definition) is 7. The number of nitrogens with zero attached hydrogens (tertiary/aromatic N) is 2. The first kappa shape index (κ1) is 24.1. The van der Waals surface area contributed by atoms with E-state index in [1.54, 1.807) is 32.2 Å². The zero-order valence-electron chi connectivity index (χ0n) is 18.8. The highest BCUT2D eigenvalue weighted by molar-refractivity contribution is 7.97. The molecule has 0 aromatic heterocycles. The fourth-order valence-corrected chi connectivity index (χ4v) is 3.99. The molecule has 6 N–H and O–H groups in total. The molecular formula is C24H33N5O2S. The summed E-state index contributed by atoms with van der Waals surface area (Å²) in [6, 6.07) is 11.0. The lowest BCUT2D eigenvalue weighted by molar-refractivity contribution is 0.0739. The van der Waals surface area contributed by atoms with Gasteiger partial charge in [-0.15, -0.1) is 0 Å². The Hall–Kier alpha value is -2.55. The fraction of sp³-hybridized carbons (Fsp3) is 0.417. The summed E-state index contributed by atoms with van der Waals surface area (Å²) in [4.78, 5) is 20.5. The second kappa shape index (κ2) is 10.8. The van der Waals surface area contributed by atoms with Crippen molar-refractivity contribution < 1.29 is 9.90 Å². The number of benzene rings is 2. The molecule has 0 atom stereocenters. The second-order valence-corrected chi connectivity index (χ2v) is 9.45. The normalized spacial score (nSPS) is 14.7. The molecule has 0 unspecified atom stereocenters. The van der Waals surface area contributed by atoms with Crippen molar-refractivity contribution in [2.45, 2.75) is 50.0 Å². The summed E-state index contributed by atoms with van der Waals surface area (Å²) in [7, 11) is 0. The number of aliphatic imine (C=N–C) groups is 1. The lowest BCUT2D eigenvalue weighted by Gasteiger charge is -2.31. The molecule has 32 heavy (non-hydrogen) atoms. The molecule has 172 valence electrons. The van der Waals surface area contributed by atoms with Crippen LogP contribution in [0.15, 0.2) is 46.3 Å². The topological polar surface area (TPSA) is 117 Å². The van der Waals surface area contributed by atoms with Crippen LogP contribution in [0.4, 0.5) is 17.1 Å². The van der Waals surface area contributed by atoms with Gasteiger partial charge in [-0.2, -0.15) is 0 Å². The summed E-state index contributed by atoms with van der Waals surface area (Å²) >= 11 is 1.11. The van der Waals surface area contributed by atoms with E-state index in [0.29, 0.717) is 29.9 Å². The first-order valence-electron chi connectivity index (χ1n) is 11.0. The molecule has 8 heteroatoms. The number of nitrogens with one attached hydrogen (secondary N) is 1. The maximum atomic E-state index is 13.0. The third kappa shape index (κ3) is 6.72. The molecule has 1 fully saturated rings. The molecule has 1 amide bonds. The van der Waals surface area contributed by atoms with E-state index in [0.717, 1.165) is 54.0 Å². The largest absolute Gasteiger partial charge is 0.398 e. The van der Waals surface area contributed by atoms with Crippen LogP contribution in [0.5, 0.6) is 0 Å². The molecule has 2 aromatic carbocycles. The standard InChI is InChI=1S/C24H33N5O2S/c1-24(2,31)9-10-27-16-18-14-21(22(15-20(18)25)29-11-4-3-5-12-29)28-23(30)17-7-6-8-19(13-17)32-26/h6-8,13-16,31H,3-5,9-12,25-26H2,1-2H3,(H,28,30). The van der Waals surface area contributed by atoms with E-state index in [1.807, 2.05) is 24.3 Å². The van der Waals surface area contributed by atoms with Gasteiger partial charge in [-0.25, -0.2) is 0 Å². The minimum atomic E-state index is -0.767. The van der Waals surface area contributed by atoms with Crippen LogP contribution in [0.2, 0.25) is 0 Å². The molecule has 1 heterocycles. The average Bonchev–Trinajstić information content (AvgIpc) is 2.78. The highest BCUT2D eigenvalue weighted by Crippen LogP contribution is 2.33. The van der Waals surface area contributed by atoms with Crippen LogP contribution in [0.3, 0.4) is 0 Å². The molecule has 1 aliphatic rings. The predicted molar refractivity (Wildman–Crippen MR) is 135 cm³/mol. The number of nitrogen functional groups attached to an aromatic ring is 1. The molecule has 0 aliphatic carbocycles. The Morgan fingerprint density at radius 1 is 1.25 bits per heavy atom. The Labute approximate surface area is 194 Å². The van der Waals surface area contributed by atoms with Gasteiger partial charge in [0, 0.05) is 47.6 Å². The number of piperidine rings is 1. The summed E-state index contributed by atoms with van der Waals surface area (Å²) < 4.78 is 0. The summed E-state index contributed by atoms with van der Waals surface area (Å²) in [6.07, 6.45) is 5.70. The highest BCUT2D eigenvalue weighted by atomic mass is 32.2. The molecule has 0 spiro atoms. The number of carbonyl (C=O) groups is 1. The number of anilines is 3. The van der Waals surface area contributed by atoms with Crippen LogP contribution in [0, 0.1) is 0 Å². The molecule has 0 saturated carbocycles. The van der Waals surface area contributed by atoms with Gasteiger partial charge in [-0.3, -0.25) is 14.9 Å². The summed E-state index contributed by atoms with van der Waals surface area (Å²) in [5.41, 5.74) is 9.11. The average molecular weight is 456 g/mol. The number of amides is 1. The lowest BCUT2D eigenvalue weighted by atomic mass is 10.1. The minimum Gasteiger partial charge on any atom is -0.398 e. The van der Waals surface area contributed by atoms with E-state index in [9.17, 15) is 9.90 Å². The molecule has 1 aliphatic heterocycles. The number of nitrogens with two attached hydrogens (primary N) is 2. The van der Waals surface area contributed by atoms with Gasteiger partial charge >= 0.3 is 0 Å². The monoisotopic (exact) mass is 455 g/mol. The quantitative estimate of drug-likeness (QED) is 0.271. The van der Waals surface area contributed by atoms with Gasteiger partial charge in [0.15, 0.2) is 0 Å². The van der Waals surface area contributed by atoms with Crippen molar-refractivity contribution >= 4 is 41.1 Å². The van der Waals surface area contributed by atoms with Crippen LogP contribution in [0.1, 0.15) is 55.5 Å². The lowest BCUT2D eigenvalue weighted by Crippen LogP contribution is -2.30. The second-order valence-electron chi connectivity index (χ2n) is 8.74. The molecule has 0 bridgehead atoms. The zero-order chi connectivity index (χ0) is 23.1. The van der Waals surface area contributed by atoms with E-state index in [1.165, 1.54) is 6.42 Å². The molecule has 3 rings (SSSR count). The number of carbonyl (C=O) groups excluding carboxylic acids is 1. The molecule has 2 aromatic rings. The van der Waals surface area contributed by atoms with Gasteiger partial charge in [0.05, 0.1) is 17.0 Å². The summed E-state index contributed by atoms with van der Waals surface area (Å²) in [5, 5.41) is 18.6. The smallest absolute Gasteiger partial charge is 0.255 e. The van der Waals surface area contributed by atoms with Gasteiger partial charge in [0.1, 0.15) is 0 Å². The zero-order valence-corrected chi connectivity index (χ0v) is 19.6. The summed E-state index contributed by atoms with van der Waals surface area (Å²) in [6.45, 7) is 5.87. The Morgan fingerprint density at radius 3 is 2.69 bits per heavy atom. The Balaban J connectivity index is 1.89. The van der Waals surface area contributed by atoms with Gasteiger partial charge < -0.3 is 21.1 Å². The van der Waals surface area contributed by atoms with E-state index < -0.39 is 5.60 Å². The van der Waals surface area contributed by atoms with Crippen molar-refractivity contribution in [3.8, 4) is 0 Å². The van der Waals surface area contributed by atoms with Crippen molar-refractivity contribution in [2.75, 3.05) is 35.6 Å². The van der Waals surface area contributed by atoms with Gasteiger partial charge in [-0.05, 0) is 81.8 Å². The fourth-order valence-electron chi connectivity index (χ4n) is 3.64.